The summed E-state index contributed by atoms with van der Waals surface area (Å²) in [5.41, 5.74) is 0. The molecular weight excluding hydrogens is 180 g/mol. The maximum absolute atomic E-state index is 11.0. The van der Waals surface area contributed by atoms with E-state index in [0.717, 1.165) is 6.42 Å². The summed E-state index contributed by atoms with van der Waals surface area (Å²) in [6.07, 6.45) is 0.765. The minimum atomic E-state index is -1.92. The zero-order valence-corrected chi connectivity index (χ0v) is 8.10. The van der Waals surface area contributed by atoms with Gasteiger partial charge in [0, 0.05) is 0 Å². The molecule has 0 saturated carbocycles. The van der Waals surface area contributed by atoms with Gasteiger partial charge in [-0.15, -0.1) is 0 Å². The zero-order chi connectivity index (χ0) is 9.56. The molecule has 0 saturated heterocycles. The molecule has 0 amide bonds. The Morgan fingerprint density at radius 1 is 1.67 bits per heavy atom. The molecule has 0 aromatic carbocycles. The summed E-state index contributed by atoms with van der Waals surface area (Å²) in [6.45, 7) is 3.84. The van der Waals surface area contributed by atoms with Gasteiger partial charge in [0.2, 0.25) is 0 Å². The van der Waals surface area contributed by atoms with Gasteiger partial charge in [0.05, 0.1) is 18.3 Å². The van der Waals surface area contributed by atoms with E-state index in [-0.39, 0.29) is 5.75 Å². The van der Waals surface area contributed by atoms with Crippen LogP contribution in [-0.2, 0) is 20.6 Å². The van der Waals surface area contributed by atoms with Gasteiger partial charge in [0.25, 0.3) is 0 Å². The van der Waals surface area contributed by atoms with E-state index in [0.29, 0.717) is 6.61 Å². The smallest absolute Gasteiger partial charge is 0.309 e. The van der Waals surface area contributed by atoms with Crippen molar-refractivity contribution < 1.29 is 18.3 Å². The van der Waals surface area contributed by atoms with Crippen LogP contribution < -0.4 is 0 Å². The van der Waals surface area contributed by atoms with Crippen LogP contribution in [0.5, 0.6) is 0 Å². The number of hydrogen-bond acceptors (Lipinski definition) is 3. The van der Waals surface area contributed by atoms with Crippen LogP contribution in [-0.4, -0.2) is 27.1 Å². The summed E-state index contributed by atoms with van der Waals surface area (Å²) < 4.78 is 23.5. The molecule has 0 aliphatic rings. The standard InChI is InChI=1S/C7H14O4S/c1-3-4-11-7(8)6(2)5-12(9)10/h6H,3-5H2,1-2H3,(H,9,10). The van der Waals surface area contributed by atoms with Gasteiger partial charge in [0.15, 0.2) is 11.1 Å². The summed E-state index contributed by atoms with van der Waals surface area (Å²) >= 11 is -1.92. The number of ether oxygens (including phenoxy) is 1. The quantitative estimate of drug-likeness (QED) is 0.519. The Morgan fingerprint density at radius 2 is 2.25 bits per heavy atom. The van der Waals surface area contributed by atoms with Crippen molar-refractivity contribution >= 4 is 17.0 Å². The summed E-state index contributed by atoms with van der Waals surface area (Å²) in [4.78, 5) is 11.0. The lowest BCUT2D eigenvalue weighted by molar-refractivity contribution is -0.147. The third-order valence-corrected chi connectivity index (χ3v) is 2.03. The van der Waals surface area contributed by atoms with Crippen molar-refractivity contribution in [3.05, 3.63) is 0 Å². The van der Waals surface area contributed by atoms with E-state index in [9.17, 15) is 9.00 Å². The van der Waals surface area contributed by atoms with Crippen LogP contribution in [0.2, 0.25) is 0 Å². The lowest BCUT2D eigenvalue weighted by atomic mass is 10.2. The zero-order valence-electron chi connectivity index (χ0n) is 7.28. The van der Waals surface area contributed by atoms with Gasteiger partial charge in [-0.05, 0) is 6.42 Å². The van der Waals surface area contributed by atoms with E-state index >= 15 is 0 Å². The molecule has 0 spiro atoms. The first-order valence-corrected chi connectivity index (χ1v) is 5.09. The molecular formula is C7H14O4S. The SMILES string of the molecule is CCCOC(=O)C(C)CS(=O)O. The molecule has 0 aromatic rings. The Hall–Kier alpha value is -0.420. The normalized spacial score (nSPS) is 15.2. The fourth-order valence-corrected chi connectivity index (χ4v) is 1.19. The summed E-state index contributed by atoms with van der Waals surface area (Å²) in [6, 6.07) is 0. The second kappa shape index (κ2) is 6.14. The molecule has 72 valence electrons. The van der Waals surface area contributed by atoms with Gasteiger partial charge in [-0.1, -0.05) is 13.8 Å². The Bertz CT molecular complexity index is 169. The Balaban J connectivity index is 3.69. The fraction of sp³-hybridized carbons (Fsp3) is 0.857. The topological polar surface area (TPSA) is 63.6 Å². The molecule has 0 radical (unpaired) electrons. The predicted molar refractivity (Wildman–Crippen MR) is 46.1 cm³/mol. The molecule has 0 bridgehead atoms. The van der Waals surface area contributed by atoms with Crippen LogP contribution in [0.15, 0.2) is 0 Å². The largest absolute Gasteiger partial charge is 0.465 e. The maximum atomic E-state index is 11.0. The molecule has 0 rings (SSSR count). The third kappa shape index (κ3) is 5.26. The van der Waals surface area contributed by atoms with Crippen LogP contribution in [0.25, 0.3) is 0 Å². The Kier molecular flexibility index (Phi) is 5.92. The maximum Gasteiger partial charge on any atom is 0.309 e. The van der Waals surface area contributed by atoms with Crippen molar-refractivity contribution in [1.29, 1.82) is 0 Å². The van der Waals surface area contributed by atoms with Crippen molar-refractivity contribution in [3.8, 4) is 0 Å². The average molecular weight is 194 g/mol. The molecule has 0 aliphatic carbocycles. The molecule has 12 heavy (non-hydrogen) atoms. The molecule has 0 aromatic heterocycles. The highest BCUT2D eigenvalue weighted by Gasteiger charge is 2.16. The summed E-state index contributed by atoms with van der Waals surface area (Å²) in [5, 5.41) is 0. The van der Waals surface area contributed by atoms with Crippen molar-refractivity contribution in [1.82, 2.24) is 0 Å². The van der Waals surface area contributed by atoms with Gasteiger partial charge in [0.1, 0.15) is 0 Å². The Labute approximate surface area is 74.6 Å². The van der Waals surface area contributed by atoms with Crippen LogP contribution in [0.3, 0.4) is 0 Å². The van der Waals surface area contributed by atoms with E-state index in [1.54, 1.807) is 6.92 Å². The number of carbonyl (C=O) groups excluding carboxylic acids is 1. The molecule has 2 atom stereocenters. The molecule has 0 aliphatic heterocycles. The minimum absolute atomic E-state index is 0.0530. The average Bonchev–Trinajstić information content (AvgIpc) is 1.98. The van der Waals surface area contributed by atoms with E-state index < -0.39 is 23.0 Å². The number of esters is 1. The van der Waals surface area contributed by atoms with E-state index in [1.165, 1.54) is 0 Å². The fourth-order valence-electron chi connectivity index (χ4n) is 0.627. The van der Waals surface area contributed by atoms with E-state index in [2.05, 4.69) is 0 Å². The third-order valence-electron chi connectivity index (χ3n) is 1.24. The van der Waals surface area contributed by atoms with Gasteiger partial charge in [-0.25, -0.2) is 4.21 Å². The Morgan fingerprint density at radius 3 is 2.67 bits per heavy atom. The second-order valence-electron chi connectivity index (χ2n) is 2.56. The van der Waals surface area contributed by atoms with Crippen LogP contribution in [0, 0.1) is 5.92 Å². The molecule has 1 N–H and O–H groups in total. The molecule has 4 nitrogen and oxygen atoms in total. The highest BCUT2D eigenvalue weighted by atomic mass is 32.2. The minimum Gasteiger partial charge on any atom is -0.465 e. The first-order chi connectivity index (χ1) is 5.57. The van der Waals surface area contributed by atoms with Crippen molar-refractivity contribution in [3.63, 3.8) is 0 Å². The molecule has 2 unspecified atom stereocenters. The molecule has 0 heterocycles. The predicted octanol–water partition coefficient (Wildman–Crippen LogP) is 0.797. The van der Waals surface area contributed by atoms with E-state index in [4.69, 9.17) is 9.29 Å². The van der Waals surface area contributed by atoms with Gasteiger partial charge in [-0.3, -0.25) is 4.79 Å². The van der Waals surface area contributed by atoms with Gasteiger partial charge < -0.3 is 9.29 Å². The first-order valence-electron chi connectivity index (χ1n) is 3.82. The van der Waals surface area contributed by atoms with Crippen LogP contribution >= 0.6 is 0 Å². The van der Waals surface area contributed by atoms with Crippen molar-refractivity contribution in [2.75, 3.05) is 12.4 Å². The second-order valence-corrected chi connectivity index (χ2v) is 3.53. The molecule has 5 heteroatoms. The van der Waals surface area contributed by atoms with Gasteiger partial charge >= 0.3 is 5.97 Å². The van der Waals surface area contributed by atoms with E-state index in [1.807, 2.05) is 6.92 Å². The van der Waals surface area contributed by atoms with Crippen molar-refractivity contribution in [2.45, 2.75) is 20.3 Å². The number of carbonyl (C=O) groups is 1. The highest BCUT2D eigenvalue weighted by molar-refractivity contribution is 7.79. The lowest BCUT2D eigenvalue weighted by Crippen LogP contribution is -2.20. The number of rotatable bonds is 5. The lowest BCUT2D eigenvalue weighted by Gasteiger charge is -2.07. The van der Waals surface area contributed by atoms with Crippen LogP contribution in [0.1, 0.15) is 20.3 Å². The van der Waals surface area contributed by atoms with Crippen LogP contribution in [0.4, 0.5) is 0 Å². The number of hydrogen-bond donors (Lipinski definition) is 1. The monoisotopic (exact) mass is 194 g/mol. The summed E-state index contributed by atoms with van der Waals surface area (Å²) in [5.74, 6) is -0.954. The summed E-state index contributed by atoms with van der Waals surface area (Å²) in [7, 11) is 0. The van der Waals surface area contributed by atoms with Gasteiger partial charge in [-0.2, -0.15) is 0 Å². The van der Waals surface area contributed by atoms with Crippen molar-refractivity contribution in [2.24, 2.45) is 5.92 Å². The highest BCUT2D eigenvalue weighted by Crippen LogP contribution is 2.00. The first kappa shape index (κ1) is 11.6. The molecule has 0 fully saturated rings.